The maximum absolute atomic E-state index is 14.3. The maximum Gasteiger partial charge on any atom is 0.311 e. The molecule has 0 bridgehead atoms. The SMILES string of the molecule is CC1(C)C(C=C(F)F)C1C(=O)OC(C(F)=C(F)F)c1cccc(Oc2ccccc2)c1. The van der Waals surface area contributed by atoms with Crippen LogP contribution in [0.2, 0.25) is 0 Å². The van der Waals surface area contributed by atoms with Gasteiger partial charge in [-0.2, -0.15) is 17.6 Å². The zero-order valence-electron chi connectivity index (χ0n) is 16.6. The highest BCUT2D eigenvalue weighted by Crippen LogP contribution is 2.60. The third-order valence-electron chi connectivity index (χ3n) is 5.25. The minimum Gasteiger partial charge on any atom is -0.457 e. The van der Waals surface area contributed by atoms with Gasteiger partial charge in [0.25, 0.3) is 6.08 Å². The molecule has 31 heavy (non-hydrogen) atoms. The molecule has 164 valence electrons. The Morgan fingerprint density at radius 2 is 1.61 bits per heavy atom. The molecular formula is C23H19F5O3. The number of carbonyl (C=O) groups excluding carboxylic acids is 1. The normalized spacial score (nSPS) is 19.7. The largest absolute Gasteiger partial charge is 0.457 e. The van der Waals surface area contributed by atoms with Gasteiger partial charge in [-0.05, 0) is 35.8 Å². The molecule has 2 aromatic rings. The zero-order valence-corrected chi connectivity index (χ0v) is 16.6. The number of hydrogen-bond acceptors (Lipinski definition) is 3. The summed E-state index contributed by atoms with van der Waals surface area (Å²) >= 11 is 0. The Hall–Kier alpha value is -3.16. The molecule has 2 aromatic carbocycles. The summed E-state index contributed by atoms with van der Waals surface area (Å²) in [5.74, 6) is -4.14. The Kier molecular flexibility index (Phi) is 6.48. The van der Waals surface area contributed by atoms with Gasteiger partial charge in [0.15, 0.2) is 6.10 Å². The predicted octanol–water partition coefficient (Wildman–Crippen LogP) is 7.19. The minimum absolute atomic E-state index is 0.0886. The molecule has 0 N–H and O–H groups in total. The van der Waals surface area contributed by atoms with E-state index in [1.807, 2.05) is 0 Å². The molecule has 1 fully saturated rings. The number of ether oxygens (including phenoxy) is 2. The fourth-order valence-electron chi connectivity index (χ4n) is 3.50. The topological polar surface area (TPSA) is 35.5 Å². The van der Waals surface area contributed by atoms with Crippen molar-refractivity contribution >= 4 is 5.97 Å². The van der Waals surface area contributed by atoms with Gasteiger partial charge in [-0.1, -0.05) is 44.2 Å². The smallest absolute Gasteiger partial charge is 0.311 e. The number of esters is 1. The zero-order chi connectivity index (χ0) is 22.8. The van der Waals surface area contributed by atoms with E-state index in [9.17, 15) is 26.7 Å². The van der Waals surface area contributed by atoms with E-state index in [0.717, 1.165) is 0 Å². The number of carbonyl (C=O) groups is 1. The second kappa shape index (κ2) is 8.91. The summed E-state index contributed by atoms with van der Waals surface area (Å²) in [6, 6.07) is 14.1. The number of hydrogen-bond donors (Lipinski definition) is 0. The first-order valence-corrected chi connectivity index (χ1v) is 9.38. The van der Waals surface area contributed by atoms with Crippen molar-refractivity contribution in [2.75, 3.05) is 0 Å². The number of benzene rings is 2. The van der Waals surface area contributed by atoms with Crippen LogP contribution in [0.1, 0.15) is 25.5 Å². The molecule has 0 amide bonds. The van der Waals surface area contributed by atoms with Crippen molar-refractivity contribution in [1.29, 1.82) is 0 Å². The average molecular weight is 438 g/mol. The van der Waals surface area contributed by atoms with Crippen LogP contribution in [-0.2, 0) is 9.53 Å². The third-order valence-corrected chi connectivity index (χ3v) is 5.25. The quantitative estimate of drug-likeness (QED) is 0.339. The molecule has 1 aliphatic rings. The molecule has 1 aliphatic carbocycles. The summed E-state index contributed by atoms with van der Waals surface area (Å²) in [5, 5.41) is 0. The van der Waals surface area contributed by atoms with Crippen LogP contribution in [0.4, 0.5) is 22.0 Å². The molecule has 3 nitrogen and oxygen atoms in total. The molecule has 1 saturated carbocycles. The molecule has 8 heteroatoms. The monoisotopic (exact) mass is 438 g/mol. The first-order valence-electron chi connectivity index (χ1n) is 9.38. The van der Waals surface area contributed by atoms with Crippen LogP contribution in [0.3, 0.4) is 0 Å². The van der Waals surface area contributed by atoms with Crippen LogP contribution < -0.4 is 4.74 Å². The highest BCUT2D eigenvalue weighted by Gasteiger charge is 2.62. The highest BCUT2D eigenvalue weighted by molar-refractivity contribution is 5.78. The number of rotatable bonds is 7. The minimum atomic E-state index is -2.64. The number of allylic oxidation sites excluding steroid dienone is 1. The van der Waals surface area contributed by atoms with Gasteiger partial charge in [0, 0.05) is 11.5 Å². The van der Waals surface area contributed by atoms with E-state index >= 15 is 0 Å². The van der Waals surface area contributed by atoms with E-state index < -0.39 is 47.3 Å². The van der Waals surface area contributed by atoms with E-state index in [1.165, 1.54) is 24.3 Å². The molecule has 3 rings (SSSR count). The van der Waals surface area contributed by atoms with Crippen molar-refractivity contribution in [2.45, 2.75) is 20.0 Å². The standard InChI is InChI=1S/C23H19F5O3/c1-23(2)16(12-17(24)25)18(23)22(29)31-20(19(26)21(27)28)13-7-6-10-15(11-13)30-14-8-4-3-5-9-14/h3-12,16,18,20H,1-2H3. The van der Waals surface area contributed by atoms with Crippen molar-refractivity contribution in [3.63, 3.8) is 0 Å². The molecule has 0 saturated heterocycles. The Labute approximate surface area is 175 Å². The van der Waals surface area contributed by atoms with Crippen molar-refractivity contribution in [3.8, 4) is 11.5 Å². The van der Waals surface area contributed by atoms with Gasteiger partial charge in [-0.15, -0.1) is 0 Å². The van der Waals surface area contributed by atoms with E-state index in [-0.39, 0.29) is 11.3 Å². The van der Waals surface area contributed by atoms with Crippen LogP contribution in [-0.4, -0.2) is 5.97 Å². The summed E-state index contributed by atoms with van der Waals surface area (Å²) < 4.78 is 76.3. The van der Waals surface area contributed by atoms with E-state index in [1.54, 1.807) is 44.2 Å². The lowest BCUT2D eigenvalue weighted by Crippen LogP contribution is -2.16. The van der Waals surface area contributed by atoms with Crippen molar-refractivity contribution in [2.24, 2.45) is 17.3 Å². The fraction of sp³-hybridized carbons (Fsp3) is 0.261. The molecule has 0 heterocycles. The Bertz CT molecular complexity index is 1010. The van der Waals surface area contributed by atoms with Crippen LogP contribution >= 0.6 is 0 Å². The molecule has 0 spiro atoms. The second-order valence-corrected chi connectivity index (χ2v) is 7.69. The Morgan fingerprint density at radius 1 is 0.968 bits per heavy atom. The first-order chi connectivity index (χ1) is 14.6. The molecule has 0 radical (unpaired) electrons. The van der Waals surface area contributed by atoms with Crippen LogP contribution in [0, 0.1) is 17.3 Å². The first kappa shape index (κ1) is 22.5. The lowest BCUT2D eigenvalue weighted by Gasteiger charge is -2.18. The number of para-hydroxylation sites is 1. The van der Waals surface area contributed by atoms with Crippen molar-refractivity contribution in [3.05, 3.63) is 84.2 Å². The molecule has 3 unspecified atom stereocenters. The molecule has 0 aliphatic heterocycles. The second-order valence-electron chi connectivity index (χ2n) is 7.69. The average Bonchev–Trinajstić information content (AvgIpc) is 3.25. The number of halogens is 5. The van der Waals surface area contributed by atoms with Gasteiger partial charge in [-0.3, -0.25) is 4.79 Å². The van der Waals surface area contributed by atoms with E-state index in [2.05, 4.69) is 0 Å². The van der Waals surface area contributed by atoms with Crippen LogP contribution in [0.5, 0.6) is 11.5 Å². The van der Waals surface area contributed by atoms with Gasteiger partial charge in [0.1, 0.15) is 11.5 Å². The highest BCUT2D eigenvalue weighted by atomic mass is 19.3. The molecular weight excluding hydrogens is 419 g/mol. The fourth-order valence-corrected chi connectivity index (χ4v) is 3.50. The Balaban J connectivity index is 1.86. The van der Waals surface area contributed by atoms with Gasteiger partial charge in [-0.25, -0.2) is 4.39 Å². The van der Waals surface area contributed by atoms with Gasteiger partial charge in [0.05, 0.1) is 5.92 Å². The predicted molar refractivity (Wildman–Crippen MR) is 103 cm³/mol. The Morgan fingerprint density at radius 3 is 2.23 bits per heavy atom. The van der Waals surface area contributed by atoms with Crippen LogP contribution in [0.15, 0.2) is 78.7 Å². The summed E-state index contributed by atoms with van der Waals surface area (Å²) in [7, 11) is 0. The molecule has 3 atom stereocenters. The summed E-state index contributed by atoms with van der Waals surface area (Å²) in [4.78, 5) is 12.5. The van der Waals surface area contributed by atoms with Gasteiger partial charge >= 0.3 is 12.0 Å². The third kappa shape index (κ3) is 5.13. The van der Waals surface area contributed by atoms with Crippen LogP contribution in [0.25, 0.3) is 0 Å². The van der Waals surface area contributed by atoms with Gasteiger partial charge in [0.2, 0.25) is 5.83 Å². The molecule has 0 aromatic heterocycles. The lowest BCUT2D eigenvalue weighted by atomic mass is 10.1. The van der Waals surface area contributed by atoms with Crippen molar-refractivity contribution < 1.29 is 36.2 Å². The van der Waals surface area contributed by atoms with E-state index in [0.29, 0.717) is 11.8 Å². The van der Waals surface area contributed by atoms with E-state index in [4.69, 9.17) is 9.47 Å². The lowest BCUT2D eigenvalue weighted by molar-refractivity contribution is -0.151. The summed E-state index contributed by atoms with van der Waals surface area (Å²) in [6.45, 7) is 3.13. The summed E-state index contributed by atoms with van der Waals surface area (Å²) in [5.41, 5.74) is -0.952. The summed E-state index contributed by atoms with van der Waals surface area (Å²) in [6.07, 6.45) is -6.02. The van der Waals surface area contributed by atoms with Gasteiger partial charge < -0.3 is 9.47 Å². The van der Waals surface area contributed by atoms with Crippen molar-refractivity contribution in [1.82, 2.24) is 0 Å². The maximum atomic E-state index is 14.3.